The summed E-state index contributed by atoms with van der Waals surface area (Å²) in [4.78, 5) is 13.1. The normalized spacial score (nSPS) is 16.9. The molecule has 0 atom stereocenters. The van der Waals surface area contributed by atoms with Crippen LogP contribution in [0.1, 0.15) is 18.4 Å². The lowest BCUT2D eigenvalue weighted by molar-refractivity contribution is -0.384. The van der Waals surface area contributed by atoms with Crippen LogP contribution >= 0.6 is 0 Å². The van der Waals surface area contributed by atoms with Gasteiger partial charge in [0, 0.05) is 33.4 Å². The van der Waals surface area contributed by atoms with Crippen LogP contribution in [0.4, 0.5) is 11.4 Å². The molecule has 6 heteroatoms. The first kappa shape index (κ1) is 15.7. The van der Waals surface area contributed by atoms with Crippen molar-refractivity contribution in [2.75, 3.05) is 39.2 Å². The van der Waals surface area contributed by atoms with Crippen LogP contribution < -0.4 is 5.32 Å². The molecule has 1 fully saturated rings. The fourth-order valence-electron chi connectivity index (χ4n) is 2.95. The lowest BCUT2D eigenvalue weighted by Crippen LogP contribution is -2.34. The molecule has 0 bridgehead atoms. The molecule has 0 spiro atoms. The second-order valence-corrected chi connectivity index (χ2v) is 5.49. The van der Waals surface area contributed by atoms with E-state index in [0.717, 1.165) is 44.6 Å². The Morgan fingerprint density at radius 2 is 2.14 bits per heavy atom. The molecule has 1 heterocycles. The van der Waals surface area contributed by atoms with E-state index in [1.54, 1.807) is 26.3 Å². The van der Waals surface area contributed by atoms with Crippen molar-refractivity contribution in [1.29, 1.82) is 0 Å². The average Bonchev–Trinajstić information content (AvgIpc) is 2.49. The van der Waals surface area contributed by atoms with Crippen molar-refractivity contribution < 1.29 is 9.66 Å². The third-order valence-corrected chi connectivity index (χ3v) is 4.08. The van der Waals surface area contributed by atoms with Crippen LogP contribution in [0.5, 0.6) is 0 Å². The predicted octanol–water partition coefficient (Wildman–Crippen LogP) is 2.49. The van der Waals surface area contributed by atoms with Gasteiger partial charge >= 0.3 is 0 Å². The summed E-state index contributed by atoms with van der Waals surface area (Å²) < 4.78 is 5.21. The number of ether oxygens (including phenoxy) is 1. The quantitative estimate of drug-likeness (QED) is 0.644. The van der Waals surface area contributed by atoms with E-state index < -0.39 is 0 Å². The highest BCUT2D eigenvalue weighted by Crippen LogP contribution is 2.29. The van der Waals surface area contributed by atoms with Crippen LogP contribution in [0.15, 0.2) is 18.2 Å². The van der Waals surface area contributed by atoms with Gasteiger partial charge in [0.05, 0.1) is 4.92 Å². The molecule has 0 aromatic heterocycles. The monoisotopic (exact) mass is 293 g/mol. The molecule has 1 saturated heterocycles. The zero-order valence-corrected chi connectivity index (χ0v) is 12.7. The minimum Gasteiger partial charge on any atom is -0.384 e. The third-order valence-electron chi connectivity index (χ3n) is 4.08. The van der Waals surface area contributed by atoms with E-state index >= 15 is 0 Å². The molecule has 0 unspecified atom stereocenters. The first-order chi connectivity index (χ1) is 10.2. The summed E-state index contributed by atoms with van der Waals surface area (Å²) >= 11 is 0. The molecule has 0 aliphatic carbocycles. The summed E-state index contributed by atoms with van der Waals surface area (Å²) in [7, 11) is 3.48. The third kappa shape index (κ3) is 3.92. The van der Waals surface area contributed by atoms with Gasteiger partial charge in [0.25, 0.3) is 5.69 Å². The van der Waals surface area contributed by atoms with Crippen LogP contribution in [0, 0.1) is 16.0 Å². The first-order valence-corrected chi connectivity index (χ1v) is 7.31. The van der Waals surface area contributed by atoms with Crippen LogP contribution in [-0.2, 0) is 11.3 Å². The fourth-order valence-corrected chi connectivity index (χ4v) is 2.95. The van der Waals surface area contributed by atoms with E-state index in [-0.39, 0.29) is 10.6 Å². The molecule has 21 heavy (non-hydrogen) atoms. The second-order valence-electron chi connectivity index (χ2n) is 5.49. The van der Waals surface area contributed by atoms with Crippen LogP contribution in [0.3, 0.4) is 0 Å². The predicted molar refractivity (Wildman–Crippen MR) is 82.5 cm³/mol. The van der Waals surface area contributed by atoms with Crippen molar-refractivity contribution in [3.63, 3.8) is 0 Å². The summed E-state index contributed by atoms with van der Waals surface area (Å²) in [6, 6.07) is 5.26. The number of anilines is 1. The Balaban J connectivity index is 2.04. The molecule has 0 saturated carbocycles. The molecule has 0 radical (unpaired) electrons. The van der Waals surface area contributed by atoms with Crippen LogP contribution in [0.2, 0.25) is 0 Å². The number of piperidine rings is 1. The Morgan fingerprint density at radius 1 is 1.43 bits per heavy atom. The minimum absolute atomic E-state index is 0.143. The van der Waals surface area contributed by atoms with E-state index in [0.29, 0.717) is 11.6 Å². The summed E-state index contributed by atoms with van der Waals surface area (Å²) in [5.41, 5.74) is 1.75. The average molecular weight is 293 g/mol. The lowest BCUT2D eigenvalue weighted by atomic mass is 9.97. The number of para-hydroxylation sites is 1. The number of nitro benzene ring substituents is 1. The van der Waals surface area contributed by atoms with Crippen molar-refractivity contribution in [2.24, 2.45) is 5.92 Å². The molecule has 1 N–H and O–H groups in total. The minimum atomic E-state index is -0.333. The number of likely N-dealkylation sites (tertiary alicyclic amines) is 1. The summed E-state index contributed by atoms with van der Waals surface area (Å²) in [5.74, 6) is 0.639. The van der Waals surface area contributed by atoms with Gasteiger partial charge in [-0.1, -0.05) is 12.1 Å². The maximum atomic E-state index is 11.1. The van der Waals surface area contributed by atoms with Crippen molar-refractivity contribution in [1.82, 2.24) is 4.90 Å². The van der Waals surface area contributed by atoms with Crippen LogP contribution in [-0.4, -0.2) is 43.7 Å². The summed E-state index contributed by atoms with van der Waals surface area (Å²) in [6.07, 6.45) is 2.25. The number of methoxy groups -OCH3 is 1. The Hall–Kier alpha value is -1.66. The largest absolute Gasteiger partial charge is 0.384 e. The maximum absolute atomic E-state index is 11.1. The zero-order chi connectivity index (χ0) is 15.2. The number of hydrogen-bond acceptors (Lipinski definition) is 5. The smallest absolute Gasteiger partial charge is 0.292 e. The Labute approximate surface area is 125 Å². The molecule has 0 amide bonds. The van der Waals surface area contributed by atoms with E-state index in [9.17, 15) is 10.1 Å². The zero-order valence-electron chi connectivity index (χ0n) is 12.7. The van der Waals surface area contributed by atoms with E-state index in [1.165, 1.54) is 0 Å². The lowest BCUT2D eigenvalue weighted by Gasteiger charge is -2.31. The number of nitrogens with one attached hydrogen (secondary N) is 1. The van der Waals surface area contributed by atoms with Gasteiger partial charge in [0.2, 0.25) is 0 Å². The van der Waals surface area contributed by atoms with Crippen LogP contribution in [0.25, 0.3) is 0 Å². The van der Waals surface area contributed by atoms with Crippen molar-refractivity contribution in [3.8, 4) is 0 Å². The standard InChI is InChI=1S/C15H23N3O3/c1-16-15-13(4-3-5-14(15)18(19)20)10-17-8-6-12(7-9-17)11-21-2/h3-5,12,16H,6-11H2,1-2H3. The van der Waals surface area contributed by atoms with Gasteiger partial charge < -0.3 is 10.1 Å². The molecular formula is C15H23N3O3. The van der Waals surface area contributed by atoms with Gasteiger partial charge in [-0.2, -0.15) is 0 Å². The fraction of sp³-hybridized carbons (Fsp3) is 0.600. The van der Waals surface area contributed by atoms with E-state index in [1.807, 2.05) is 6.07 Å². The SMILES string of the molecule is CNc1c(CN2CCC(COC)CC2)cccc1[N+](=O)[O-]. The second kappa shape index (κ2) is 7.38. The first-order valence-electron chi connectivity index (χ1n) is 7.31. The molecule has 1 aromatic carbocycles. The number of benzene rings is 1. The van der Waals surface area contributed by atoms with E-state index in [2.05, 4.69) is 10.2 Å². The van der Waals surface area contributed by atoms with Crippen molar-refractivity contribution in [2.45, 2.75) is 19.4 Å². The van der Waals surface area contributed by atoms with Gasteiger partial charge in [-0.25, -0.2) is 0 Å². The van der Waals surface area contributed by atoms with Crippen molar-refractivity contribution in [3.05, 3.63) is 33.9 Å². The summed E-state index contributed by atoms with van der Waals surface area (Å²) in [6.45, 7) is 3.60. The van der Waals surface area contributed by atoms with Gasteiger partial charge in [-0.05, 0) is 37.4 Å². The van der Waals surface area contributed by atoms with Gasteiger partial charge in [0.15, 0.2) is 0 Å². The molecular weight excluding hydrogens is 270 g/mol. The molecule has 2 rings (SSSR count). The highest BCUT2D eigenvalue weighted by atomic mass is 16.6. The molecule has 1 aliphatic heterocycles. The summed E-state index contributed by atoms with van der Waals surface area (Å²) in [5, 5.41) is 14.1. The number of hydrogen-bond donors (Lipinski definition) is 1. The Kier molecular flexibility index (Phi) is 5.52. The molecule has 1 aliphatic rings. The highest BCUT2D eigenvalue weighted by molar-refractivity contribution is 5.66. The number of nitro groups is 1. The Morgan fingerprint density at radius 3 is 2.71 bits per heavy atom. The van der Waals surface area contributed by atoms with Gasteiger partial charge in [0.1, 0.15) is 5.69 Å². The van der Waals surface area contributed by atoms with Gasteiger partial charge in [-0.3, -0.25) is 15.0 Å². The van der Waals surface area contributed by atoms with Crippen molar-refractivity contribution >= 4 is 11.4 Å². The number of nitrogens with zero attached hydrogens (tertiary/aromatic N) is 2. The molecule has 116 valence electrons. The number of rotatable bonds is 6. The topological polar surface area (TPSA) is 67.6 Å². The molecule has 6 nitrogen and oxygen atoms in total. The molecule has 1 aromatic rings. The van der Waals surface area contributed by atoms with E-state index in [4.69, 9.17) is 4.74 Å². The maximum Gasteiger partial charge on any atom is 0.292 e. The Bertz CT molecular complexity index is 485. The highest BCUT2D eigenvalue weighted by Gasteiger charge is 2.22. The van der Waals surface area contributed by atoms with Gasteiger partial charge in [-0.15, -0.1) is 0 Å².